The lowest BCUT2D eigenvalue weighted by molar-refractivity contribution is -0.137. The summed E-state index contributed by atoms with van der Waals surface area (Å²) in [5.74, 6) is -0.237. The molecule has 196 valence electrons. The molecule has 6 nitrogen and oxygen atoms in total. The topological polar surface area (TPSA) is 76.6 Å². The molecule has 4 rings (SSSR count). The number of amides is 1. The van der Waals surface area contributed by atoms with Gasteiger partial charge in [-0.15, -0.1) is 11.3 Å². The minimum atomic E-state index is -4.51. The number of alkyl halides is 3. The third kappa shape index (κ3) is 5.95. The molecule has 11 heteroatoms. The second-order valence-corrected chi connectivity index (χ2v) is 10.9. The van der Waals surface area contributed by atoms with Gasteiger partial charge in [-0.05, 0) is 72.3 Å². The van der Waals surface area contributed by atoms with Crippen LogP contribution in [-0.4, -0.2) is 26.4 Å². The maximum absolute atomic E-state index is 12.9. The minimum Gasteiger partial charge on any atom is -0.497 e. The molecule has 0 fully saturated rings. The minimum absolute atomic E-state index is 0.0368. The zero-order chi connectivity index (χ0) is 27.5. The molecule has 0 atom stereocenters. The second kappa shape index (κ2) is 10.8. The molecule has 4 aromatic rings. The number of ether oxygens (including phenoxy) is 1. The van der Waals surface area contributed by atoms with Crippen LogP contribution < -0.4 is 9.64 Å². The molecule has 0 aliphatic carbocycles. The molecule has 0 aliphatic rings. The predicted octanol–water partition coefficient (Wildman–Crippen LogP) is 6.66. The highest BCUT2D eigenvalue weighted by Gasteiger charge is 2.30. The number of methoxy groups -OCH3 is 1. The summed E-state index contributed by atoms with van der Waals surface area (Å²) in [6.45, 7) is 3.55. The van der Waals surface area contributed by atoms with Gasteiger partial charge >= 0.3 is 6.18 Å². The third-order valence-electron chi connectivity index (χ3n) is 5.56. The summed E-state index contributed by atoms with van der Waals surface area (Å²) in [6, 6.07) is 16.9. The summed E-state index contributed by atoms with van der Waals surface area (Å²) in [5.41, 5.74) is 1.21. The van der Waals surface area contributed by atoms with Crippen LogP contribution in [-0.2, 0) is 26.6 Å². The highest BCUT2D eigenvalue weighted by atomic mass is 32.2. The molecular formula is C27H21F3N2O4S2. The Morgan fingerprint density at radius 1 is 1.03 bits per heavy atom. The number of carbonyl (C=O) groups excluding carboxylic acids is 1. The number of hydrogen-bond donors (Lipinski definition) is 0. The van der Waals surface area contributed by atoms with Crippen LogP contribution in [0.3, 0.4) is 0 Å². The van der Waals surface area contributed by atoms with E-state index in [4.69, 9.17) is 4.74 Å². The van der Waals surface area contributed by atoms with Crippen molar-refractivity contribution in [2.45, 2.75) is 16.8 Å². The number of rotatable bonds is 8. The summed E-state index contributed by atoms with van der Waals surface area (Å²) in [5, 5.41) is 2.16. The molecule has 0 aliphatic heterocycles. The highest BCUT2D eigenvalue weighted by Crippen LogP contribution is 2.34. The van der Waals surface area contributed by atoms with Crippen LogP contribution in [0.5, 0.6) is 5.75 Å². The molecule has 0 saturated heterocycles. The summed E-state index contributed by atoms with van der Waals surface area (Å²) in [4.78, 5) is 18.6. The van der Waals surface area contributed by atoms with E-state index < -0.39 is 33.2 Å². The Morgan fingerprint density at radius 2 is 1.66 bits per heavy atom. The van der Waals surface area contributed by atoms with Crippen molar-refractivity contribution in [2.75, 3.05) is 12.0 Å². The zero-order valence-electron chi connectivity index (χ0n) is 20.0. The first-order valence-corrected chi connectivity index (χ1v) is 13.6. The van der Waals surface area contributed by atoms with E-state index >= 15 is 0 Å². The molecule has 1 heterocycles. The van der Waals surface area contributed by atoms with Crippen molar-refractivity contribution >= 4 is 37.9 Å². The first-order chi connectivity index (χ1) is 18.0. The van der Waals surface area contributed by atoms with E-state index in [0.717, 1.165) is 35.9 Å². The Hall–Kier alpha value is -3.96. The van der Waals surface area contributed by atoms with Gasteiger partial charge in [-0.3, -0.25) is 9.69 Å². The molecule has 3 aromatic carbocycles. The average molecular weight is 559 g/mol. The van der Waals surface area contributed by atoms with E-state index in [0.29, 0.717) is 22.3 Å². The van der Waals surface area contributed by atoms with Crippen LogP contribution >= 0.6 is 11.3 Å². The summed E-state index contributed by atoms with van der Waals surface area (Å²) >= 11 is 1.23. The quantitative estimate of drug-likeness (QED) is 0.226. The number of aromatic nitrogens is 1. The van der Waals surface area contributed by atoms with E-state index in [1.54, 1.807) is 24.6 Å². The number of nitrogens with zero attached hydrogens (tertiary/aromatic N) is 2. The largest absolute Gasteiger partial charge is 0.497 e. The summed E-state index contributed by atoms with van der Waals surface area (Å²) in [7, 11) is -2.29. The fraction of sp³-hybridized carbons (Fsp3) is 0.111. The SMILES string of the molecule is C=CC(=O)N(c1ccc(S(=O)(=O)Cc2ccc(C(F)(F)F)cc2)cc1)c1nc(-c2ccc(OC)cc2)cs1. The molecule has 0 bridgehead atoms. The van der Waals surface area contributed by atoms with Crippen LogP contribution in [0.1, 0.15) is 11.1 Å². The normalized spacial score (nSPS) is 11.7. The van der Waals surface area contributed by atoms with Crippen LogP contribution in [0.15, 0.2) is 95.7 Å². The second-order valence-electron chi connectivity index (χ2n) is 8.07. The van der Waals surface area contributed by atoms with Crippen LogP contribution in [0.2, 0.25) is 0 Å². The van der Waals surface area contributed by atoms with E-state index in [-0.39, 0.29) is 10.5 Å². The number of anilines is 2. The van der Waals surface area contributed by atoms with Gasteiger partial charge in [-0.25, -0.2) is 13.4 Å². The van der Waals surface area contributed by atoms with Crippen molar-refractivity contribution in [1.82, 2.24) is 4.98 Å². The Morgan fingerprint density at radius 3 is 2.21 bits per heavy atom. The molecule has 1 aromatic heterocycles. The first kappa shape index (κ1) is 27.1. The van der Waals surface area contributed by atoms with Crippen molar-refractivity contribution in [1.29, 1.82) is 0 Å². The van der Waals surface area contributed by atoms with Crippen LogP contribution in [0.25, 0.3) is 11.3 Å². The van der Waals surface area contributed by atoms with E-state index in [9.17, 15) is 26.4 Å². The van der Waals surface area contributed by atoms with Gasteiger partial charge in [0.1, 0.15) is 5.75 Å². The maximum atomic E-state index is 12.9. The lowest BCUT2D eigenvalue weighted by Gasteiger charge is -2.18. The van der Waals surface area contributed by atoms with Gasteiger partial charge in [0.05, 0.1) is 34.7 Å². The smallest absolute Gasteiger partial charge is 0.416 e. The van der Waals surface area contributed by atoms with Crippen molar-refractivity contribution in [2.24, 2.45) is 0 Å². The fourth-order valence-corrected chi connectivity index (χ4v) is 5.79. The van der Waals surface area contributed by atoms with E-state index in [1.807, 2.05) is 12.1 Å². The Balaban J connectivity index is 1.57. The Labute approximate surface area is 221 Å². The van der Waals surface area contributed by atoms with Crippen LogP contribution in [0.4, 0.5) is 24.0 Å². The molecule has 0 saturated carbocycles. The van der Waals surface area contributed by atoms with Gasteiger partial charge in [0, 0.05) is 10.9 Å². The molecule has 0 radical (unpaired) electrons. The predicted molar refractivity (Wildman–Crippen MR) is 140 cm³/mol. The van der Waals surface area contributed by atoms with Crippen molar-refractivity contribution < 1.29 is 31.1 Å². The standard InChI is InChI=1S/C27H21F3N2O4S2/c1-3-25(33)32(26-31-24(16-37-26)19-6-12-22(36-2)13-7-19)21-10-14-23(15-11-21)38(34,35)17-18-4-8-20(9-5-18)27(28,29)30/h3-16H,1,17H2,2H3. The third-order valence-corrected chi connectivity index (χ3v) is 8.09. The summed E-state index contributed by atoms with van der Waals surface area (Å²) < 4.78 is 69.3. The lowest BCUT2D eigenvalue weighted by atomic mass is 10.1. The molecule has 0 N–H and O–H groups in total. The Kier molecular flexibility index (Phi) is 7.70. The van der Waals surface area contributed by atoms with Gasteiger partial charge in [0.2, 0.25) is 0 Å². The number of benzene rings is 3. The van der Waals surface area contributed by atoms with E-state index in [1.165, 1.54) is 40.5 Å². The number of halogens is 3. The average Bonchev–Trinajstić information content (AvgIpc) is 3.38. The van der Waals surface area contributed by atoms with Gasteiger partial charge < -0.3 is 4.74 Å². The molecular weight excluding hydrogens is 537 g/mol. The fourth-order valence-electron chi connectivity index (χ4n) is 3.58. The molecule has 0 unspecified atom stereocenters. The lowest BCUT2D eigenvalue weighted by Crippen LogP contribution is -2.23. The number of thiazole rings is 1. The van der Waals surface area contributed by atoms with Crippen molar-refractivity contribution in [3.63, 3.8) is 0 Å². The highest BCUT2D eigenvalue weighted by molar-refractivity contribution is 7.90. The molecule has 1 amide bonds. The zero-order valence-corrected chi connectivity index (χ0v) is 21.6. The summed E-state index contributed by atoms with van der Waals surface area (Å²) in [6.07, 6.45) is -3.38. The Bertz CT molecular complexity index is 1550. The van der Waals surface area contributed by atoms with E-state index in [2.05, 4.69) is 11.6 Å². The van der Waals surface area contributed by atoms with Gasteiger partial charge in [-0.1, -0.05) is 18.7 Å². The number of carbonyl (C=O) groups is 1. The van der Waals surface area contributed by atoms with Crippen LogP contribution in [0, 0.1) is 0 Å². The van der Waals surface area contributed by atoms with Gasteiger partial charge in [0.25, 0.3) is 5.91 Å². The van der Waals surface area contributed by atoms with Gasteiger partial charge in [-0.2, -0.15) is 13.2 Å². The molecule has 0 spiro atoms. The monoisotopic (exact) mass is 558 g/mol. The number of hydrogen-bond acceptors (Lipinski definition) is 6. The van der Waals surface area contributed by atoms with Gasteiger partial charge in [0.15, 0.2) is 15.0 Å². The first-order valence-electron chi connectivity index (χ1n) is 11.1. The van der Waals surface area contributed by atoms with Crippen molar-refractivity contribution in [3.8, 4) is 17.0 Å². The number of sulfone groups is 1. The molecule has 38 heavy (non-hydrogen) atoms. The van der Waals surface area contributed by atoms with Crippen molar-refractivity contribution in [3.05, 3.63) is 102 Å². The maximum Gasteiger partial charge on any atom is 0.416 e.